The third kappa shape index (κ3) is 5.72. The molecule has 0 aliphatic carbocycles. The number of hydrogen-bond donors (Lipinski definition) is 0. The summed E-state index contributed by atoms with van der Waals surface area (Å²) >= 11 is 0. The first kappa shape index (κ1) is 22.4. The summed E-state index contributed by atoms with van der Waals surface area (Å²) in [7, 11) is 0. The Morgan fingerprint density at radius 3 is 2.38 bits per heavy atom. The molecule has 0 saturated carbocycles. The Hall–Kier alpha value is -2.77. The number of para-hydroxylation sites is 1. The van der Waals surface area contributed by atoms with Crippen molar-refractivity contribution in [1.29, 1.82) is 0 Å². The molecule has 4 rings (SSSR count). The number of rotatable bonds is 9. The van der Waals surface area contributed by atoms with Gasteiger partial charge >= 0.3 is 0 Å². The molecular weight excluding hydrogens is 410 g/mol. The summed E-state index contributed by atoms with van der Waals surface area (Å²) in [5.74, 6) is 2.35. The van der Waals surface area contributed by atoms with Gasteiger partial charge in [0.15, 0.2) is 17.8 Å². The Kier molecular flexibility index (Phi) is 7.85. The highest BCUT2D eigenvalue weighted by Crippen LogP contribution is 2.31. The molecule has 0 radical (unpaired) electrons. The number of carbonyl (C=O) groups excluding carboxylic acids is 1. The van der Waals surface area contributed by atoms with Crippen LogP contribution in [0.3, 0.4) is 0 Å². The summed E-state index contributed by atoms with van der Waals surface area (Å²) in [5, 5.41) is 0. The maximum absolute atomic E-state index is 13.1. The molecule has 2 aromatic carbocycles. The van der Waals surface area contributed by atoms with Crippen LogP contribution in [0.2, 0.25) is 0 Å². The number of nitrogens with zero attached hydrogens (tertiary/aromatic N) is 1. The summed E-state index contributed by atoms with van der Waals surface area (Å²) in [5.41, 5.74) is 0.605. The SMILES string of the molecule is CCOc1cc(C(=O)N2CCC(C3OCCO3)CC2)ccc1OCCOc1ccccc1. The predicted octanol–water partition coefficient (Wildman–Crippen LogP) is 3.77. The summed E-state index contributed by atoms with van der Waals surface area (Å²) in [4.78, 5) is 15.0. The normalized spacial score (nSPS) is 17.3. The van der Waals surface area contributed by atoms with Gasteiger partial charge in [0, 0.05) is 24.6 Å². The number of hydrogen-bond acceptors (Lipinski definition) is 6. The van der Waals surface area contributed by atoms with Crippen molar-refractivity contribution in [3.05, 3.63) is 54.1 Å². The van der Waals surface area contributed by atoms with Crippen molar-refractivity contribution in [3.63, 3.8) is 0 Å². The lowest BCUT2D eigenvalue weighted by atomic mass is 9.95. The molecule has 0 spiro atoms. The maximum atomic E-state index is 13.1. The topological polar surface area (TPSA) is 66.5 Å². The van der Waals surface area contributed by atoms with E-state index >= 15 is 0 Å². The zero-order chi connectivity index (χ0) is 22.2. The van der Waals surface area contributed by atoms with Gasteiger partial charge in [-0.3, -0.25) is 4.79 Å². The van der Waals surface area contributed by atoms with E-state index in [0.717, 1.165) is 18.6 Å². The van der Waals surface area contributed by atoms with Crippen LogP contribution in [-0.4, -0.2) is 63.2 Å². The summed E-state index contributed by atoms with van der Waals surface area (Å²) < 4.78 is 28.5. The number of carbonyl (C=O) groups is 1. The molecule has 2 aliphatic heterocycles. The second kappa shape index (κ2) is 11.2. The number of benzene rings is 2. The van der Waals surface area contributed by atoms with Crippen LogP contribution in [0.15, 0.2) is 48.5 Å². The minimum atomic E-state index is -0.112. The zero-order valence-corrected chi connectivity index (χ0v) is 18.5. The van der Waals surface area contributed by atoms with Crippen LogP contribution in [0.1, 0.15) is 30.1 Å². The molecule has 0 unspecified atom stereocenters. The molecule has 7 heteroatoms. The molecule has 0 atom stereocenters. The van der Waals surface area contributed by atoms with Gasteiger partial charge in [0.05, 0.1) is 19.8 Å². The molecule has 0 bridgehead atoms. The predicted molar refractivity (Wildman–Crippen MR) is 119 cm³/mol. The number of amides is 1. The summed E-state index contributed by atoms with van der Waals surface area (Å²) in [6.45, 7) is 5.92. The second-order valence-corrected chi connectivity index (χ2v) is 7.84. The molecule has 1 amide bonds. The quantitative estimate of drug-likeness (QED) is 0.552. The van der Waals surface area contributed by atoms with Crippen LogP contribution < -0.4 is 14.2 Å². The lowest BCUT2D eigenvalue weighted by molar-refractivity contribution is -0.0956. The molecule has 2 aromatic rings. The number of piperidine rings is 1. The van der Waals surface area contributed by atoms with Gasteiger partial charge in [0.2, 0.25) is 0 Å². The molecule has 7 nitrogen and oxygen atoms in total. The highest BCUT2D eigenvalue weighted by molar-refractivity contribution is 5.95. The van der Waals surface area contributed by atoms with Gasteiger partial charge in [-0.2, -0.15) is 0 Å². The number of likely N-dealkylation sites (tertiary alicyclic amines) is 1. The van der Waals surface area contributed by atoms with Gasteiger partial charge < -0.3 is 28.6 Å². The van der Waals surface area contributed by atoms with Crippen LogP contribution in [0.5, 0.6) is 17.2 Å². The fourth-order valence-corrected chi connectivity index (χ4v) is 4.06. The van der Waals surface area contributed by atoms with Crippen molar-refractivity contribution in [3.8, 4) is 17.2 Å². The van der Waals surface area contributed by atoms with Gasteiger partial charge in [-0.05, 0) is 50.1 Å². The molecule has 2 heterocycles. The van der Waals surface area contributed by atoms with Gasteiger partial charge in [-0.1, -0.05) is 18.2 Å². The van der Waals surface area contributed by atoms with E-state index in [0.29, 0.717) is 69.1 Å². The second-order valence-electron chi connectivity index (χ2n) is 7.84. The Bertz CT molecular complexity index is 860. The standard InChI is InChI=1S/C25H31NO6/c1-2-28-23-18-20(8-9-22(23)30-15-14-29-21-6-4-3-5-7-21)24(27)26-12-10-19(11-13-26)25-31-16-17-32-25/h3-9,18-19,25H,2,10-17H2,1H3. The summed E-state index contributed by atoms with van der Waals surface area (Å²) in [6, 6.07) is 15.0. The van der Waals surface area contributed by atoms with Crippen LogP contribution >= 0.6 is 0 Å². The van der Waals surface area contributed by atoms with Crippen molar-refractivity contribution in [2.24, 2.45) is 5.92 Å². The molecule has 2 saturated heterocycles. The Morgan fingerprint density at radius 1 is 0.938 bits per heavy atom. The van der Waals surface area contributed by atoms with E-state index in [1.165, 1.54) is 0 Å². The molecule has 2 aliphatic rings. The minimum Gasteiger partial charge on any atom is -0.490 e. The molecule has 172 valence electrons. The molecule has 0 N–H and O–H groups in total. The lowest BCUT2D eigenvalue weighted by Gasteiger charge is -2.34. The first-order chi connectivity index (χ1) is 15.7. The highest BCUT2D eigenvalue weighted by atomic mass is 16.7. The third-order valence-electron chi connectivity index (χ3n) is 5.70. The third-order valence-corrected chi connectivity index (χ3v) is 5.70. The van der Waals surface area contributed by atoms with Crippen molar-refractivity contribution in [1.82, 2.24) is 4.90 Å². The molecule has 32 heavy (non-hydrogen) atoms. The Morgan fingerprint density at radius 2 is 1.66 bits per heavy atom. The van der Waals surface area contributed by atoms with E-state index in [9.17, 15) is 4.79 Å². The van der Waals surface area contributed by atoms with Crippen molar-refractivity contribution >= 4 is 5.91 Å². The Balaban J connectivity index is 1.31. The van der Waals surface area contributed by atoms with Gasteiger partial charge in [-0.25, -0.2) is 0 Å². The van der Waals surface area contributed by atoms with Crippen LogP contribution in [0.25, 0.3) is 0 Å². The van der Waals surface area contributed by atoms with Crippen molar-refractivity contribution in [2.75, 3.05) is 46.1 Å². The summed E-state index contributed by atoms with van der Waals surface area (Å²) in [6.07, 6.45) is 1.66. The maximum Gasteiger partial charge on any atom is 0.253 e. The largest absolute Gasteiger partial charge is 0.490 e. The van der Waals surface area contributed by atoms with E-state index in [1.54, 1.807) is 18.2 Å². The van der Waals surface area contributed by atoms with Crippen LogP contribution in [0, 0.1) is 5.92 Å². The Labute approximate surface area is 189 Å². The van der Waals surface area contributed by atoms with Crippen LogP contribution in [-0.2, 0) is 9.47 Å². The number of ether oxygens (including phenoxy) is 5. The smallest absolute Gasteiger partial charge is 0.253 e. The highest BCUT2D eigenvalue weighted by Gasteiger charge is 2.32. The van der Waals surface area contributed by atoms with E-state index < -0.39 is 0 Å². The molecular formula is C25H31NO6. The molecule has 2 fully saturated rings. The van der Waals surface area contributed by atoms with E-state index in [4.69, 9.17) is 23.7 Å². The fraction of sp³-hybridized carbons (Fsp3) is 0.480. The molecule has 0 aromatic heterocycles. The van der Waals surface area contributed by atoms with Crippen molar-refractivity contribution in [2.45, 2.75) is 26.1 Å². The van der Waals surface area contributed by atoms with Gasteiger partial charge in [-0.15, -0.1) is 0 Å². The van der Waals surface area contributed by atoms with E-state index in [-0.39, 0.29) is 12.2 Å². The monoisotopic (exact) mass is 441 g/mol. The average Bonchev–Trinajstić information content (AvgIpc) is 3.38. The minimum absolute atomic E-state index is 0.0108. The van der Waals surface area contributed by atoms with Crippen LogP contribution in [0.4, 0.5) is 0 Å². The van der Waals surface area contributed by atoms with Gasteiger partial charge in [0.25, 0.3) is 5.91 Å². The van der Waals surface area contributed by atoms with Crippen molar-refractivity contribution < 1.29 is 28.5 Å². The first-order valence-electron chi connectivity index (χ1n) is 11.3. The fourth-order valence-electron chi connectivity index (χ4n) is 4.06. The van der Waals surface area contributed by atoms with Gasteiger partial charge in [0.1, 0.15) is 19.0 Å². The lowest BCUT2D eigenvalue weighted by Crippen LogP contribution is -2.41. The van der Waals surface area contributed by atoms with E-state index in [1.807, 2.05) is 42.2 Å². The van der Waals surface area contributed by atoms with E-state index in [2.05, 4.69) is 0 Å². The zero-order valence-electron chi connectivity index (χ0n) is 18.5. The first-order valence-corrected chi connectivity index (χ1v) is 11.3. The average molecular weight is 442 g/mol.